The molecule has 0 amide bonds. The van der Waals surface area contributed by atoms with Crippen molar-refractivity contribution in [1.29, 1.82) is 0 Å². The summed E-state index contributed by atoms with van der Waals surface area (Å²) >= 11 is 0. The average molecular weight is 330 g/mol. The van der Waals surface area contributed by atoms with Crippen LogP contribution in [0.2, 0.25) is 0 Å². The van der Waals surface area contributed by atoms with Gasteiger partial charge in [0.1, 0.15) is 6.10 Å². The lowest BCUT2D eigenvalue weighted by Crippen LogP contribution is -2.40. The van der Waals surface area contributed by atoms with Crippen molar-refractivity contribution in [3.8, 4) is 0 Å². The lowest BCUT2D eigenvalue weighted by molar-refractivity contribution is -0.167. The number of ether oxygens (including phenoxy) is 3. The van der Waals surface area contributed by atoms with E-state index in [1.54, 1.807) is 14.0 Å². The number of rotatable bonds is 11. The van der Waals surface area contributed by atoms with Crippen LogP contribution in [0.15, 0.2) is 0 Å². The zero-order chi connectivity index (χ0) is 18.1. The van der Waals surface area contributed by atoms with Crippen molar-refractivity contribution in [3.05, 3.63) is 0 Å². The molecule has 0 bridgehead atoms. The first-order chi connectivity index (χ1) is 10.6. The summed E-state index contributed by atoms with van der Waals surface area (Å²) in [5.74, 6) is -0.553. The molecule has 0 fully saturated rings. The van der Waals surface area contributed by atoms with Crippen molar-refractivity contribution in [2.75, 3.05) is 20.3 Å². The Hall–Kier alpha value is -1.10. The Morgan fingerprint density at radius 3 is 2.17 bits per heavy atom. The normalized spacial score (nSPS) is 15.6. The van der Waals surface area contributed by atoms with E-state index in [0.29, 0.717) is 26.1 Å². The van der Waals surface area contributed by atoms with Crippen LogP contribution < -0.4 is 0 Å². The molecule has 0 aliphatic rings. The number of hydrogen-bond donors (Lipinski definition) is 0. The lowest BCUT2D eigenvalue weighted by atomic mass is 9.72. The molecule has 0 heterocycles. The molecule has 0 aromatic rings. The van der Waals surface area contributed by atoms with Crippen molar-refractivity contribution in [3.63, 3.8) is 0 Å². The van der Waals surface area contributed by atoms with Crippen LogP contribution in [0.25, 0.3) is 0 Å². The van der Waals surface area contributed by atoms with E-state index in [1.165, 1.54) is 0 Å². The van der Waals surface area contributed by atoms with Gasteiger partial charge in [-0.05, 0) is 47.0 Å². The van der Waals surface area contributed by atoms with Crippen LogP contribution in [0, 0.1) is 10.8 Å². The Bertz CT molecular complexity index is 378. The van der Waals surface area contributed by atoms with Gasteiger partial charge in [0.15, 0.2) is 0 Å². The summed E-state index contributed by atoms with van der Waals surface area (Å²) in [4.78, 5) is 24.8. The minimum absolute atomic E-state index is 0.261. The summed E-state index contributed by atoms with van der Waals surface area (Å²) in [6.07, 6.45) is 2.50. The summed E-state index contributed by atoms with van der Waals surface area (Å²) in [5, 5.41) is 0. The van der Waals surface area contributed by atoms with E-state index in [1.807, 2.05) is 34.6 Å². The Morgan fingerprint density at radius 2 is 1.70 bits per heavy atom. The molecule has 136 valence electrons. The Morgan fingerprint density at radius 1 is 1.09 bits per heavy atom. The summed E-state index contributed by atoms with van der Waals surface area (Å²) in [6.45, 7) is 12.0. The van der Waals surface area contributed by atoms with Crippen LogP contribution in [0.1, 0.15) is 67.2 Å². The molecule has 0 radical (unpaired) electrons. The Kier molecular flexibility index (Phi) is 9.44. The van der Waals surface area contributed by atoms with Gasteiger partial charge in [-0.25, -0.2) is 0 Å². The van der Waals surface area contributed by atoms with Crippen LogP contribution in [0.4, 0.5) is 0 Å². The quantitative estimate of drug-likeness (QED) is 0.426. The van der Waals surface area contributed by atoms with Gasteiger partial charge in [-0.2, -0.15) is 0 Å². The van der Waals surface area contributed by atoms with E-state index in [4.69, 9.17) is 14.2 Å². The third-order valence-electron chi connectivity index (χ3n) is 4.10. The fourth-order valence-electron chi connectivity index (χ4n) is 2.49. The molecule has 0 N–H and O–H groups in total. The maximum Gasteiger partial charge on any atom is 0.312 e. The zero-order valence-electron chi connectivity index (χ0n) is 15.9. The number of carbonyl (C=O) groups is 2. The third-order valence-corrected chi connectivity index (χ3v) is 4.10. The highest BCUT2D eigenvalue weighted by molar-refractivity contribution is 5.80. The molecule has 0 aliphatic carbocycles. The molecule has 5 heteroatoms. The molecule has 5 nitrogen and oxygen atoms in total. The highest BCUT2D eigenvalue weighted by atomic mass is 16.6. The Balaban J connectivity index is 4.86. The van der Waals surface area contributed by atoms with Crippen LogP contribution in [0.3, 0.4) is 0 Å². The second kappa shape index (κ2) is 9.91. The van der Waals surface area contributed by atoms with Crippen LogP contribution in [-0.2, 0) is 23.8 Å². The number of carbonyl (C=O) groups excluding carboxylic acids is 2. The standard InChI is InChI=1S/C18H34O5/c1-8-10-11-22-15(19)17(4,5)13-18(6,9-2)16(20)23-14(3)12-21-7/h14H,8-13H2,1-7H3. The highest BCUT2D eigenvalue weighted by Gasteiger charge is 2.43. The molecule has 0 rings (SSSR count). The minimum Gasteiger partial charge on any atom is -0.465 e. The second-order valence-corrected chi connectivity index (χ2v) is 7.14. The van der Waals surface area contributed by atoms with E-state index in [0.717, 1.165) is 12.8 Å². The van der Waals surface area contributed by atoms with Crippen molar-refractivity contribution in [2.45, 2.75) is 73.3 Å². The maximum atomic E-state index is 12.5. The van der Waals surface area contributed by atoms with Crippen LogP contribution in [-0.4, -0.2) is 38.4 Å². The predicted octanol–water partition coefficient (Wildman–Crippen LogP) is 3.74. The third kappa shape index (κ3) is 7.34. The first kappa shape index (κ1) is 21.9. The van der Waals surface area contributed by atoms with Crippen molar-refractivity contribution in [1.82, 2.24) is 0 Å². The molecular weight excluding hydrogens is 296 g/mol. The van der Waals surface area contributed by atoms with Gasteiger partial charge in [-0.1, -0.05) is 20.3 Å². The topological polar surface area (TPSA) is 61.8 Å². The fraction of sp³-hybridized carbons (Fsp3) is 0.889. The Labute approximate surface area is 141 Å². The summed E-state index contributed by atoms with van der Waals surface area (Å²) < 4.78 is 15.8. The fourth-order valence-corrected chi connectivity index (χ4v) is 2.49. The van der Waals surface area contributed by atoms with Gasteiger partial charge in [0, 0.05) is 7.11 Å². The van der Waals surface area contributed by atoms with Crippen LogP contribution in [0.5, 0.6) is 0 Å². The van der Waals surface area contributed by atoms with Crippen LogP contribution >= 0.6 is 0 Å². The van der Waals surface area contributed by atoms with Crippen molar-refractivity contribution in [2.24, 2.45) is 10.8 Å². The minimum atomic E-state index is -0.734. The molecule has 0 aromatic heterocycles. The molecular formula is C18H34O5. The number of unbranched alkanes of at least 4 members (excludes halogenated alkanes) is 1. The summed E-state index contributed by atoms with van der Waals surface area (Å²) in [7, 11) is 1.57. The number of methoxy groups -OCH3 is 1. The first-order valence-electron chi connectivity index (χ1n) is 8.50. The van der Waals surface area contributed by atoms with E-state index in [9.17, 15) is 9.59 Å². The molecule has 0 saturated heterocycles. The van der Waals surface area contributed by atoms with Gasteiger partial charge in [0.25, 0.3) is 0 Å². The molecule has 23 heavy (non-hydrogen) atoms. The van der Waals surface area contributed by atoms with Gasteiger partial charge in [0.2, 0.25) is 0 Å². The molecule has 0 aromatic carbocycles. The van der Waals surface area contributed by atoms with E-state index in [-0.39, 0.29) is 18.0 Å². The summed E-state index contributed by atoms with van der Waals surface area (Å²) in [5.41, 5.74) is -1.46. The molecule has 2 unspecified atom stereocenters. The van der Waals surface area contributed by atoms with Gasteiger partial charge in [0.05, 0.1) is 24.0 Å². The molecule has 0 aliphatic heterocycles. The average Bonchev–Trinajstić information content (AvgIpc) is 2.46. The molecule has 0 spiro atoms. The van der Waals surface area contributed by atoms with Gasteiger partial charge in [-0.3, -0.25) is 9.59 Å². The van der Waals surface area contributed by atoms with Crippen molar-refractivity contribution >= 4 is 11.9 Å². The van der Waals surface area contributed by atoms with Gasteiger partial charge < -0.3 is 14.2 Å². The smallest absolute Gasteiger partial charge is 0.312 e. The van der Waals surface area contributed by atoms with E-state index < -0.39 is 10.8 Å². The van der Waals surface area contributed by atoms with Gasteiger partial charge in [-0.15, -0.1) is 0 Å². The lowest BCUT2D eigenvalue weighted by Gasteiger charge is -2.34. The molecule has 0 saturated carbocycles. The second-order valence-electron chi connectivity index (χ2n) is 7.14. The van der Waals surface area contributed by atoms with E-state index in [2.05, 4.69) is 0 Å². The first-order valence-corrected chi connectivity index (χ1v) is 8.50. The molecule has 2 atom stereocenters. The van der Waals surface area contributed by atoms with Crippen molar-refractivity contribution < 1.29 is 23.8 Å². The maximum absolute atomic E-state index is 12.5. The zero-order valence-corrected chi connectivity index (χ0v) is 15.9. The largest absolute Gasteiger partial charge is 0.465 e. The monoisotopic (exact) mass is 330 g/mol. The summed E-state index contributed by atoms with van der Waals surface area (Å²) in [6, 6.07) is 0. The SMILES string of the molecule is CCCCOC(=O)C(C)(C)CC(C)(CC)C(=O)OC(C)COC. The van der Waals surface area contributed by atoms with E-state index >= 15 is 0 Å². The number of esters is 2. The predicted molar refractivity (Wildman–Crippen MR) is 90.1 cm³/mol. The van der Waals surface area contributed by atoms with Gasteiger partial charge >= 0.3 is 11.9 Å². The number of hydrogen-bond acceptors (Lipinski definition) is 5. The highest BCUT2D eigenvalue weighted by Crippen LogP contribution is 2.38.